The maximum Gasteiger partial charge on any atom is 0.0254 e. The standard InChI is InChI=1S/C9H23N5/c1-13-6-2-11-4-8-14(10)9-5-12-3-7-13/h11-12H,2-10H2,1H3. The van der Waals surface area contributed by atoms with Gasteiger partial charge in [-0.15, -0.1) is 0 Å². The number of hydrogen-bond donors (Lipinski definition) is 3. The summed E-state index contributed by atoms with van der Waals surface area (Å²) in [6.07, 6.45) is 0. The van der Waals surface area contributed by atoms with Gasteiger partial charge in [0.05, 0.1) is 0 Å². The van der Waals surface area contributed by atoms with Crippen molar-refractivity contribution in [2.24, 2.45) is 5.84 Å². The molecule has 0 radical (unpaired) electrons. The van der Waals surface area contributed by atoms with Crippen LogP contribution in [0.1, 0.15) is 0 Å². The fraction of sp³-hybridized carbons (Fsp3) is 1.00. The third-order valence-corrected chi connectivity index (χ3v) is 2.49. The minimum atomic E-state index is 0.922. The van der Waals surface area contributed by atoms with Crippen LogP contribution in [0.25, 0.3) is 0 Å². The van der Waals surface area contributed by atoms with Crippen molar-refractivity contribution >= 4 is 0 Å². The summed E-state index contributed by atoms with van der Waals surface area (Å²) in [7, 11) is 2.16. The number of nitrogens with two attached hydrogens (primary N) is 1. The van der Waals surface area contributed by atoms with E-state index in [1.807, 2.05) is 5.01 Å². The number of hydrogen-bond acceptors (Lipinski definition) is 5. The van der Waals surface area contributed by atoms with Crippen molar-refractivity contribution in [2.45, 2.75) is 0 Å². The number of nitrogens with zero attached hydrogens (tertiary/aromatic N) is 2. The Morgan fingerprint density at radius 2 is 1.29 bits per heavy atom. The molecular formula is C9H23N5. The lowest BCUT2D eigenvalue weighted by Crippen LogP contribution is -2.44. The maximum atomic E-state index is 5.78. The molecule has 0 aromatic carbocycles. The van der Waals surface area contributed by atoms with Gasteiger partial charge in [-0.3, -0.25) is 5.84 Å². The lowest BCUT2D eigenvalue weighted by Gasteiger charge is -2.21. The molecule has 0 unspecified atom stereocenters. The van der Waals surface area contributed by atoms with Crippen LogP contribution in [0, 0.1) is 0 Å². The van der Waals surface area contributed by atoms with E-state index in [0.717, 1.165) is 52.4 Å². The van der Waals surface area contributed by atoms with E-state index in [2.05, 4.69) is 22.6 Å². The zero-order chi connectivity index (χ0) is 10.2. The summed E-state index contributed by atoms with van der Waals surface area (Å²) in [6.45, 7) is 8.10. The molecule has 5 heteroatoms. The Labute approximate surface area is 86.6 Å². The summed E-state index contributed by atoms with van der Waals surface area (Å²) in [5.41, 5.74) is 0. The van der Waals surface area contributed by atoms with Gasteiger partial charge in [0, 0.05) is 52.4 Å². The van der Waals surface area contributed by atoms with Gasteiger partial charge in [0.25, 0.3) is 0 Å². The van der Waals surface area contributed by atoms with E-state index >= 15 is 0 Å². The van der Waals surface area contributed by atoms with Gasteiger partial charge in [0.15, 0.2) is 0 Å². The van der Waals surface area contributed by atoms with E-state index in [1.165, 1.54) is 0 Å². The number of nitrogens with one attached hydrogen (secondary N) is 2. The Kier molecular flexibility index (Phi) is 6.05. The first-order chi connectivity index (χ1) is 6.79. The summed E-state index contributed by atoms with van der Waals surface area (Å²) in [6, 6.07) is 0. The maximum absolute atomic E-state index is 5.78. The van der Waals surface area contributed by atoms with Crippen LogP contribution >= 0.6 is 0 Å². The molecule has 0 saturated carbocycles. The lowest BCUT2D eigenvalue weighted by molar-refractivity contribution is 0.263. The van der Waals surface area contributed by atoms with Gasteiger partial charge >= 0.3 is 0 Å². The van der Waals surface area contributed by atoms with Gasteiger partial charge < -0.3 is 15.5 Å². The zero-order valence-corrected chi connectivity index (χ0v) is 9.13. The highest BCUT2D eigenvalue weighted by Crippen LogP contribution is 1.82. The van der Waals surface area contributed by atoms with Crippen molar-refractivity contribution < 1.29 is 0 Å². The number of rotatable bonds is 0. The van der Waals surface area contributed by atoms with Gasteiger partial charge in [-0.05, 0) is 7.05 Å². The van der Waals surface area contributed by atoms with Gasteiger partial charge in [0.1, 0.15) is 0 Å². The van der Waals surface area contributed by atoms with Gasteiger partial charge in [-0.2, -0.15) is 0 Å². The molecule has 0 aromatic heterocycles. The first-order valence-electron chi connectivity index (χ1n) is 5.38. The SMILES string of the molecule is CN1CCNCCN(N)CCNCC1. The Morgan fingerprint density at radius 3 is 1.79 bits per heavy atom. The molecule has 84 valence electrons. The highest BCUT2D eigenvalue weighted by atomic mass is 15.4. The second-order valence-electron chi connectivity index (χ2n) is 3.84. The van der Waals surface area contributed by atoms with E-state index in [4.69, 9.17) is 5.84 Å². The van der Waals surface area contributed by atoms with Crippen LogP contribution in [0.3, 0.4) is 0 Å². The quantitative estimate of drug-likeness (QED) is 0.407. The van der Waals surface area contributed by atoms with Crippen LogP contribution in [-0.2, 0) is 0 Å². The van der Waals surface area contributed by atoms with E-state index in [0.29, 0.717) is 0 Å². The van der Waals surface area contributed by atoms with Crippen molar-refractivity contribution in [3.8, 4) is 0 Å². The molecule has 1 heterocycles. The topological polar surface area (TPSA) is 56.6 Å². The third kappa shape index (κ3) is 5.51. The fourth-order valence-corrected chi connectivity index (χ4v) is 1.46. The predicted molar refractivity (Wildman–Crippen MR) is 59.0 cm³/mol. The Balaban J connectivity index is 2.19. The summed E-state index contributed by atoms with van der Waals surface area (Å²) >= 11 is 0. The van der Waals surface area contributed by atoms with Crippen molar-refractivity contribution in [2.75, 3.05) is 59.4 Å². The van der Waals surface area contributed by atoms with Gasteiger partial charge in [-0.1, -0.05) is 0 Å². The molecule has 0 atom stereocenters. The van der Waals surface area contributed by atoms with E-state index in [9.17, 15) is 0 Å². The van der Waals surface area contributed by atoms with Crippen molar-refractivity contribution in [3.63, 3.8) is 0 Å². The Morgan fingerprint density at radius 1 is 0.857 bits per heavy atom. The zero-order valence-electron chi connectivity index (χ0n) is 9.13. The smallest absolute Gasteiger partial charge is 0.0254 e. The minimum Gasteiger partial charge on any atom is -0.314 e. The minimum absolute atomic E-state index is 0.922. The molecule has 0 spiro atoms. The van der Waals surface area contributed by atoms with Crippen LogP contribution in [0.5, 0.6) is 0 Å². The normalized spacial score (nSPS) is 25.3. The molecule has 1 rings (SSSR count). The second kappa shape index (κ2) is 7.14. The lowest BCUT2D eigenvalue weighted by atomic mass is 10.4. The molecule has 0 bridgehead atoms. The largest absolute Gasteiger partial charge is 0.314 e. The van der Waals surface area contributed by atoms with Crippen LogP contribution < -0.4 is 16.5 Å². The Bertz CT molecular complexity index is 113. The van der Waals surface area contributed by atoms with Crippen LogP contribution in [0.15, 0.2) is 0 Å². The first-order valence-corrected chi connectivity index (χ1v) is 5.38. The molecule has 0 aromatic rings. The summed E-state index contributed by atoms with van der Waals surface area (Å²) in [4.78, 5) is 2.34. The van der Waals surface area contributed by atoms with Crippen molar-refractivity contribution in [1.29, 1.82) is 0 Å². The predicted octanol–water partition coefficient (Wildman–Crippen LogP) is -1.71. The fourth-order valence-electron chi connectivity index (χ4n) is 1.46. The van der Waals surface area contributed by atoms with Crippen molar-refractivity contribution in [1.82, 2.24) is 20.5 Å². The Hall–Kier alpha value is -0.200. The number of hydrazine groups is 1. The van der Waals surface area contributed by atoms with Crippen LogP contribution in [0.2, 0.25) is 0 Å². The monoisotopic (exact) mass is 201 g/mol. The van der Waals surface area contributed by atoms with E-state index < -0.39 is 0 Å². The average Bonchev–Trinajstić information content (AvgIpc) is 2.14. The van der Waals surface area contributed by atoms with E-state index in [1.54, 1.807) is 0 Å². The molecular weight excluding hydrogens is 178 g/mol. The first kappa shape index (κ1) is 11.9. The number of likely N-dealkylation sites (N-methyl/N-ethyl adjacent to an activating group) is 1. The summed E-state index contributed by atoms with van der Waals surface area (Å²) < 4.78 is 0. The molecule has 1 aliphatic heterocycles. The highest BCUT2D eigenvalue weighted by Gasteiger charge is 2.01. The molecule has 1 aliphatic rings. The van der Waals surface area contributed by atoms with Gasteiger partial charge in [-0.25, -0.2) is 5.01 Å². The summed E-state index contributed by atoms with van der Waals surface area (Å²) in [5, 5.41) is 8.63. The molecule has 5 nitrogen and oxygen atoms in total. The second-order valence-corrected chi connectivity index (χ2v) is 3.84. The van der Waals surface area contributed by atoms with Gasteiger partial charge in [0.2, 0.25) is 0 Å². The molecule has 1 fully saturated rings. The molecule has 1 saturated heterocycles. The summed E-state index contributed by atoms with van der Waals surface area (Å²) in [5.74, 6) is 5.78. The van der Waals surface area contributed by atoms with Crippen molar-refractivity contribution in [3.05, 3.63) is 0 Å². The highest BCUT2D eigenvalue weighted by molar-refractivity contribution is 4.61. The molecule has 14 heavy (non-hydrogen) atoms. The van der Waals surface area contributed by atoms with Crippen LogP contribution in [-0.4, -0.2) is 69.3 Å². The molecule has 0 aliphatic carbocycles. The molecule has 4 N–H and O–H groups in total. The van der Waals surface area contributed by atoms with Crippen LogP contribution in [0.4, 0.5) is 0 Å². The van der Waals surface area contributed by atoms with E-state index in [-0.39, 0.29) is 0 Å². The average molecular weight is 201 g/mol. The molecule has 0 amide bonds. The third-order valence-electron chi connectivity index (χ3n) is 2.49.